The highest BCUT2D eigenvalue weighted by molar-refractivity contribution is 6.33. The van der Waals surface area contributed by atoms with E-state index in [0.717, 1.165) is 0 Å². The molecule has 0 N–H and O–H groups in total. The van der Waals surface area contributed by atoms with Gasteiger partial charge < -0.3 is 14.5 Å². The number of halogens is 2. The Bertz CT molecular complexity index is 546. The molecule has 0 aliphatic rings. The van der Waals surface area contributed by atoms with Crippen molar-refractivity contribution < 1.29 is 18.7 Å². The van der Waals surface area contributed by atoms with E-state index >= 15 is 0 Å². The summed E-state index contributed by atoms with van der Waals surface area (Å²) in [5, 5.41) is 0.0515. The maximum Gasteiger partial charge on any atom is 0.310 e. The van der Waals surface area contributed by atoms with Crippen LogP contribution in [0.5, 0.6) is 0 Å². The molecule has 0 fully saturated rings. The molecular formula is C16H22ClFN2O3. The second kappa shape index (κ2) is 8.84. The quantitative estimate of drug-likeness (QED) is 0.712. The minimum atomic E-state index is -0.678. The zero-order chi connectivity index (χ0) is 17.6. The van der Waals surface area contributed by atoms with Gasteiger partial charge in [-0.05, 0) is 26.2 Å². The Morgan fingerprint density at radius 3 is 2.48 bits per heavy atom. The van der Waals surface area contributed by atoms with E-state index in [2.05, 4.69) is 4.74 Å². The van der Waals surface area contributed by atoms with E-state index in [1.165, 1.54) is 30.2 Å². The third-order valence-corrected chi connectivity index (χ3v) is 3.69. The fourth-order valence-electron chi connectivity index (χ4n) is 2.06. The Balaban J connectivity index is 3.02. The van der Waals surface area contributed by atoms with Gasteiger partial charge in [-0.3, -0.25) is 9.59 Å². The number of rotatable bonds is 7. The molecular weight excluding hydrogens is 323 g/mol. The second-order valence-electron chi connectivity index (χ2n) is 5.58. The lowest BCUT2D eigenvalue weighted by atomic mass is 10.1. The van der Waals surface area contributed by atoms with Crippen LogP contribution in [0.2, 0.25) is 5.02 Å². The molecule has 1 atom stereocenters. The summed E-state index contributed by atoms with van der Waals surface area (Å²) in [7, 11) is 5.02. The standard InChI is InChI=1S/C16H22ClFN2O3/c1-11(16(22)23-4)10-20(9-8-19(2)3)15(21)14-12(17)6-5-7-13(14)18/h5-7,11H,8-10H2,1-4H3. The minimum Gasteiger partial charge on any atom is -0.469 e. The first-order valence-corrected chi connectivity index (χ1v) is 7.61. The van der Waals surface area contributed by atoms with Gasteiger partial charge in [0.1, 0.15) is 5.82 Å². The summed E-state index contributed by atoms with van der Waals surface area (Å²) in [5.74, 6) is -2.15. The molecule has 1 amide bonds. The van der Waals surface area contributed by atoms with Gasteiger partial charge in [0.15, 0.2) is 0 Å². The molecule has 7 heteroatoms. The van der Waals surface area contributed by atoms with E-state index < -0.39 is 23.6 Å². The third-order valence-electron chi connectivity index (χ3n) is 3.38. The van der Waals surface area contributed by atoms with Crippen molar-refractivity contribution in [1.29, 1.82) is 0 Å². The van der Waals surface area contributed by atoms with Crippen molar-refractivity contribution in [2.24, 2.45) is 5.92 Å². The molecule has 0 aliphatic carbocycles. The van der Waals surface area contributed by atoms with Crippen LogP contribution in [0.25, 0.3) is 0 Å². The first kappa shape index (κ1) is 19.4. The molecule has 0 spiro atoms. The van der Waals surface area contributed by atoms with Crippen LogP contribution >= 0.6 is 11.6 Å². The van der Waals surface area contributed by atoms with Crippen molar-refractivity contribution in [3.8, 4) is 0 Å². The predicted octanol–water partition coefficient (Wildman–Crippen LogP) is 2.29. The lowest BCUT2D eigenvalue weighted by molar-refractivity contribution is -0.145. The molecule has 0 radical (unpaired) electrons. The van der Waals surface area contributed by atoms with Crippen LogP contribution < -0.4 is 0 Å². The minimum absolute atomic E-state index is 0.0515. The summed E-state index contributed by atoms with van der Waals surface area (Å²) in [6.07, 6.45) is 0. The number of hydrogen-bond acceptors (Lipinski definition) is 4. The summed E-state index contributed by atoms with van der Waals surface area (Å²) in [6, 6.07) is 4.09. The molecule has 0 saturated carbocycles. The highest BCUT2D eigenvalue weighted by atomic mass is 35.5. The summed E-state index contributed by atoms with van der Waals surface area (Å²) in [6.45, 7) is 2.71. The number of ether oxygens (including phenoxy) is 1. The van der Waals surface area contributed by atoms with Crippen molar-refractivity contribution in [2.75, 3.05) is 40.8 Å². The molecule has 128 valence electrons. The number of hydrogen-bond donors (Lipinski definition) is 0. The fourth-order valence-corrected chi connectivity index (χ4v) is 2.31. The highest BCUT2D eigenvalue weighted by Crippen LogP contribution is 2.21. The van der Waals surface area contributed by atoms with Crippen LogP contribution in [0.3, 0.4) is 0 Å². The zero-order valence-corrected chi connectivity index (χ0v) is 14.6. The molecule has 1 aromatic carbocycles. The molecule has 5 nitrogen and oxygen atoms in total. The van der Waals surface area contributed by atoms with Crippen molar-refractivity contribution in [3.63, 3.8) is 0 Å². The number of esters is 1. The van der Waals surface area contributed by atoms with Crippen LogP contribution in [0.15, 0.2) is 18.2 Å². The lowest BCUT2D eigenvalue weighted by Crippen LogP contribution is -2.41. The van der Waals surface area contributed by atoms with E-state index in [0.29, 0.717) is 13.1 Å². The van der Waals surface area contributed by atoms with E-state index in [1.807, 2.05) is 19.0 Å². The molecule has 1 rings (SSSR count). The Morgan fingerprint density at radius 1 is 1.30 bits per heavy atom. The zero-order valence-electron chi connectivity index (χ0n) is 13.8. The lowest BCUT2D eigenvalue weighted by Gasteiger charge is -2.27. The van der Waals surface area contributed by atoms with Gasteiger partial charge in [0.25, 0.3) is 5.91 Å². The first-order valence-electron chi connectivity index (χ1n) is 7.23. The van der Waals surface area contributed by atoms with Gasteiger partial charge >= 0.3 is 5.97 Å². The molecule has 1 unspecified atom stereocenters. The average molecular weight is 345 g/mol. The molecule has 23 heavy (non-hydrogen) atoms. The summed E-state index contributed by atoms with van der Waals surface area (Å²) >= 11 is 5.97. The Hall–Kier alpha value is -1.66. The average Bonchev–Trinajstić information content (AvgIpc) is 2.49. The van der Waals surface area contributed by atoms with Gasteiger partial charge in [-0.2, -0.15) is 0 Å². The van der Waals surface area contributed by atoms with Crippen molar-refractivity contribution in [2.45, 2.75) is 6.92 Å². The molecule has 0 bridgehead atoms. The monoisotopic (exact) mass is 344 g/mol. The highest BCUT2D eigenvalue weighted by Gasteiger charge is 2.26. The number of amides is 1. The predicted molar refractivity (Wildman–Crippen MR) is 87.0 cm³/mol. The molecule has 0 aliphatic heterocycles. The van der Waals surface area contributed by atoms with E-state index in [1.54, 1.807) is 6.92 Å². The number of carbonyl (C=O) groups is 2. The number of benzene rings is 1. The van der Waals surface area contributed by atoms with Gasteiger partial charge in [-0.15, -0.1) is 0 Å². The van der Waals surface area contributed by atoms with Gasteiger partial charge in [0.2, 0.25) is 0 Å². The van der Waals surface area contributed by atoms with Gasteiger partial charge in [-0.1, -0.05) is 24.6 Å². The first-order chi connectivity index (χ1) is 10.8. The summed E-state index contributed by atoms with van der Waals surface area (Å²) in [5.41, 5.74) is -0.176. The normalized spacial score (nSPS) is 12.1. The summed E-state index contributed by atoms with van der Waals surface area (Å²) in [4.78, 5) is 27.6. The van der Waals surface area contributed by atoms with E-state index in [9.17, 15) is 14.0 Å². The van der Waals surface area contributed by atoms with E-state index in [4.69, 9.17) is 11.6 Å². The maximum atomic E-state index is 14.0. The number of carbonyl (C=O) groups excluding carboxylic acids is 2. The van der Waals surface area contributed by atoms with E-state index in [-0.39, 0.29) is 17.1 Å². The van der Waals surface area contributed by atoms with Gasteiger partial charge in [-0.25, -0.2) is 4.39 Å². The molecule has 0 saturated heterocycles. The maximum absolute atomic E-state index is 14.0. The summed E-state index contributed by atoms with van der Waals surface area (Å²) < 4.78 is 18.7. The van der Waals surface area contributed by atoms with Crippen molar-refractivity contribution in [1.82, 2.24) is 9.80 Å². The third kappa shape index (κ3) is 5.48. The van der Waals surface area contributed by atoms with Crippen molar-refractivity contribution in [3.05, 3.63) is 34.6 Å². The smallest absolute Gasteiger partial charge is 0.310 e. The van der Waals surface area contributed by atoms with Crippen LogP contribution in [0.1, 0.15) is 17.3 Å². The Morgan fingerprint density at radius 2 is 1.96 bits per heavy atom. The largest absolute Gasteiger partial charge is 0.469 e. The van der Waals surface area contributed by atoms with Crippen molar-refractivity contribution >= 4 is 23.5 Å². The SMILES string of the molecule is COC(=O)C(C)CN(CCN(C)C)C(=O)c1c(F)cccc1Cl. The topological polar surface area (TPSA) is 49.9 Å². The molecule has 1 aromatic rings. The molecule has 0 heterocycles. The van der Waals surface area contributed by atoms with Crippen LogP contribution in [-0.4, -0.2) is 62.5 Å². The fraction of sp³-hybridized carbons (Fsp3) is 0.500. The number of methoxy groups -OCH3 is 1. The Labute approximate surface area is 141 Å². The van der Waals surface area contributed by atoms with Crippen LogP contribution in [-0.2, 0) is 9.53 Å². The number of likely N-dealkylation sites (N-methyl/N-ethyl adjacent to an activating group) is 1. The molecule has 0 aromatic heterocycles. The van der Waals surface area contributed by atoms with Gasteiger partial charge in [0, 0.05) is 19.6 Å². The number of nitrogens with zero attached hydrogens (tertiary/aromatic N) is 2. The second-order valence-corrected chi connectivity index (χ2v) is 5.98. The Kier molecular flexibility index (Phi) is 7.45. The van der Waals surface area contributed by atoms with Crippen LogP contribution in [0, 0.1) is 11.7 Å². The van der Waals surface area contributed by atoms with Crippen LogP contribution in [0.4, 0.5) is 4.39 Å². The van der Waals surface area contributed by atoms with Gasteiger partial charge in [0.05, 0.1) is 23.6 Å².